The highest BCUT2D eigenvalue weighted by atomic mass is 16.3. The maximum atomic E-state index is 12.1. The Morgan fingerprint density at radius 1 is 1.29 bits per heavy atom. The Balaban J connectivity index is 1.89. The van der Waals surface area contributed by atoms with E-state index in [0.29, 0.717) is 16.7 Å². The third-order valence-electron chi connectivity index (χ3n) is 3.00. The van der Waals surface area contributed by atoms with E-state index in [4.69, 9.17) is 14.2 Å². The number of rotatable bonds is 3. The summed E-state index contributed by atoms with van der Waals surface area (Å²) >= 11 is 0. The van der Waals surface area contributed by atoms with Crippen molar-refractivity contribution in [2.45, 2.75) is 6.54 Å². The number of amides is 1. The number of fused-ring (bicyclic) bond motifs is 1. The van der Waals surface area contributed by atoms with Gasteiger partial charge in [-0.25, -0.2) is 0 Å². The lowest BCUT2D eigenvalue weighted by Gasteiger charge is -2.05. The number of furan rings is 1. The normalized spacial score (nSPS) is 10.7. The number of nitrogens with one attached hydrogen (secondary N) is 2. The standard InChI is InChI=1S/C15H12N2O4/c16-14-12(15(19)17-8-11-2-1-5-20-11)6-9-3-4-10(18)7-13(9)21-14/h1-7,16,18H,8H2,(H,17,19). The lowest BCUT2D eigenvalue weighted by Crippen LogP contribution is -2.27. The SMILES string of the molecule is N=c1oc2cc(O)ccc2cc1C(=O)NCc1ccco1. The molecule has 1 amide bonds. The number of hydrogen-bond donors (Lipinski definition) is 3. The molecule has 0 aliphatic rings. The van der Waals surface area contributed by atoms with Crippen LogP contribution in [0.5, 0.6) is 5.75 Å². The summed E-state index contributed by atoms with van der Waals surface area (Å²) in [6.07, 6.45) is 1.52. The molecule has 0 spiro atoms. The summed E-state index contributed by atoms with van der Waals surface area (Å²) in [5.41, 5.74) is 0.215. The highest BCUT2D eigenvalue weighted by molar-refractivity contribution is 5.96. The molecular weight excluding hydrogens is 272 g/mol. The zero-order chi connectivity index (χ0) is 14.8. The smallest absolute Gasteiger partial charge is 0.257 e. The third-order valence-corrected chi connectivity index (χ3v) is 3.00. The van der Waals surface area contributed by atoms with Crippen LogP contribution in [0.25, 0.3) is 11.0 Å². The van der Waals surface area contributed by atoms with Gasteiger partial charge < -0.3 is 19.3 Å². The van der Waals surface area contributed by atoms with Gasteiger partial charge in [0.05, 0.1) is 12.8 Å². The fourth-order valence-corrected chi connectivity index (χ4v) is 1.96. The van der Waals surface area contributed by atoms with Crippen LogP contribution < -0.4 is 10.9 Å². The molecule has 106 valence electrons. The summed E-state index contributed by atoms with van der Waals surface area (Å²) in [4.78, 5) is 12.1. The summed E-state index contributed by atoms with van der Waals surface area (Å²) in [5, 5.41) is 20.4. The molecule has 3 rings (SSSR count). The first-order valence-corrected chi connectivity index (χ1v) is 6.25. The van der Waals surface area contributed by atoms with Gasteiger partial charge in [0.15, 0.2) is 0 Å². The van der Waals surface area contributed by atoms with E-state index in [1.807, 2.05) is 0 Å². The summed E-state index contributed by atoms with van der Waals surface area (Å²) < 4.78 is 10.4. The van der Waals surface area contributed by atoms with E-state index in [1.165, 1.54) is 18.4 Å². The van der Waals surface area contributed by atoms with Crippen molar-refractivity contribution in [3.63, 3.8) is 0 Å². The zero-order valence-electron chi connectivity index (χ0n) is 10.9. The minimum atomic E-state index is -0.421. The van der Waals surface area contributed by atoms with Crippen LogP contribution in [0.2, 0.25) is 0 Å². The second kappa shape index (κ2) is 5.16. The molecule has 21 heavy (non-hydrogen) atoms. The van der Waals surface area contributed by atoms with Crippen LogP contribution in [-0.4, -0.2) is 11.0 Å². The van der Waals surface area contributed by atoms with E-state index in [2.05, 4.69) is 5.32 Å². The van der Waals surface area contributed by atoms with E-state index < -0.39 is 5.91 Å². The molecule has 0 unspecified atom stereocenters. The minimum absolute atomic E-state index is 0.0423. The van der Waals surface area contributed by atoms with Gasteiger partial charge in [0.25, 0.3) is 5.91 Å². The number of aromatic hydroxyl groups is 1. The highest BCUT2D eigenvalue weighted by Crippen LogP contribution is 2.19. The van der Waals surface area contributed by atoms with Crippen molar-refractivity contribution in [3.8, 4) is 5.75 Å². The van der Waals surface area contributed by atoms with Crippen molar-refractivity contribution in [2.75, 3.05) is 0 Å². The van der Waals surface area contributed by atoms with Crippen molar-refractivity contribution in [1.29, 1.82) is 5.41 Å². The molecule has 0 bridgehead atoms. The molecule has 0 aliphatic heterocycles. The van der Waals surface area contributed by atoms with Gasteiger partial charge in [-0.3, -0.25) is 10.2 Å². The number of hydrogen-bond acceptors (Lipinski definition) is 5. The highest BCUT2D eigenvalue weighted by Gasteiger charge is 2.12. The molecule has 0 saturated carbocycles. The molecular formula is C15H12N2O4. The van der Waals surface area contributed by atoms with E-state index in [1.54, 1.807) is 24.3 Å². The molecule has 0 radical (unpaired) electrons. The van der Waals surface area contributed by atoms with E-state index >= 15 is 0 Å². The average molecular weight is 284 g/mol. The Kier molecular flexibility index (Phi) is 3.19. The van der Waals surface area contributed by atoms with Crippen LogP contribution in [0.4, 0.5) is 0 Å². The topological polar surface area (TPSA) is 99.5 Å². The first-order valence-electron chi connectivity index (χ1n) is 6.25. The van der Waals surface area contributed by atoms with E-state index in [9.17, 15) is 9.90 Å². The maximum absolute atomic E-state index is 12.1. The van der Waals surface area contributed by atoms with Gasteiger partial charge in [-0.2, -0.15) is 0 Å². The average Bonchev–Trinajstić information content (AvgIpc) is 2.97. The van der Waals surface area contributed by atoms with Gasteiger partial charge in [-0.05, 0) is 30.3 Å². The molecule has 0 saturated heterocycles. The first kappa shape index (κ1) is 13.0. The fourth-order valence-electron chi connectivity index (χ4n) is 1.96. The van der Waals surface area contributed by atoms with Gasteiger partial charge in [-0.15, -0.1) is 0 Å². The predicted octanol–water partition coefficient (Wildman–Crippen LogP) is 2.14. The number of benzene rings is 1. The molecule has 2 aromatic heterocycles. The fraction of sp³-hybridized carbons (Fsp3) is 0.0667. The van der Waals surface area contributed by atoms with Crippen LogP contribution in [0.3, 0.4) is 0 Å². The van der Waals surface area contributed by atoms with Gasteiger partial charge in [0.1, 0.15) is 22.7 Å². The molecule has 6 nitrogen and oxygen atoms in total. The summed E-state index contributed by atoms with van der Waals surface area (Å²) in [5.74, 6) is 0.244. The lowest BCUT2D eigenvalue weighted by molar-refractivity contribution is 0.0943. The van der Waals surface area contributed by atoms with Crippen LogP contribution in [-0.2, 0) is 6.54 Å². The Morgan fingerprint density at radius 3 is 2.90 bits per heavy atom. The summed E-state index contributed by atoms with van der Waals surface area (Å²) in [6, 6.07) is 9.55. The number of phenols is 1. The summed E-state index contributed by atoms with van der Waals surface area (Å²) in [6.45, 7) is 0.235. The second-order valence-electron chi connectivity index (χ2n) is 4.47. The predicted molar refractivity (Wildman–Crippen MR) is 73.6 cm³/mol. The third kappa shape index (κ3) is 2.64. The molecule has 6 heteroatoms. The number of phenolic OH excluding ortho intramolecular Hbond substituents is 1. The molecule has 0 atom stereocenters. The molecule has 3 N–H and O–H groups in total. The second-order valence-corrected chi connectivity index (χ2v) is 4.47. The van der Waals surface area contributed by atoms with Crippen LogP contribution in [0.15, 0.2) is 51.5 Å². The maximum Gasteiger partial charge on any atom is 0.257 e. The Bertz CT molecular complexity index is 850. The van der Waals surface area contributed by atoms with Crippen molar-refractivity contribution < 1.29 is 18.7 Å². The molecule has 2 heterocycles. The first-order chi connectivity index (χ1) is 10.1. The molecule has 0 fully saturated rings. The van der Waals surface area contributed by atoms with Crippen molar-refractivity contribution in [1.82, 2.24) is 5.32 Å². The molecule has 0 aliphatic carbocycles. The largest absolute Gasteiger partial charge is 0.508 e. The van der Waals surface area contributed by atoms with Gasteiger partial charge >= 0.3 is 0 Å². The van der Waals surface area contributed by atoms with Gasteiger partial charge in [0, 0.05) is 11.5 Å². The Hall–Kier alpha value is -3.02. The molecule has 1 aromatic carbocycles. The van der Waals surface area contributed by atoms with Crippen LogP contribution in [0, 0.1) is 5.41 Å². The monoisotopic (exact) mass is 284 g/mol. The van der Waals surface area contributed by atoms with E-state index in [-0.39, 0.29) is 23.4 Å². The number of carbonyl (C=O) groups excluding carboxylic acids is 1. The summed E-state index contributed by atoms with van der Waals surface area (Å²) in [7, 11) is 0. The van der Waals surface area contributed by atoms with E-state index in [0.717, 1.165) is 0 Å². The quantitative estimate of drug-likeness (QED) is 0.686. The zero-order valence-corrected chi connectivity index (χ0v) is 10.9. The lowest BCUT2D eigenvalue weighted by atomic mass is 10.1. The van der Waals surface area contributed by atoms with Crippen LogP contribution >= 0.6 is 0 Å². The van der Waals surface area contributed by atoms with Gasteiger partial charge in [0.2, 0.25) is 5.55 Å². The van der Waals surface area contributed by atoms with Crippen molar-refractivity contribution >= 4 is 16.9 Å². The van der Waals surface area contributed by atoms with Crippen molar-refractivity contribution in [3.05, 3.63) is 59.5 Å². The van der Waals surface area contributed by atoms with Crippen molar-refractivity contribution in [2.24, 2.45) is 0 Å². The number of carbonyl (C=O) groups is 1. The minimum Gasteiger partial charge on any atom is -0.508 e. The van der Waals surface area contributed by atoms with Crippen LogP contribution in [0.1, 0.15) is 16.1 Å². The Labute approximate surface area is 119 Å². The van der Waals surface area contributed by atoms with Gasteiger partial charge in [-0.1, -0.05) is 0 Å². The Morgan fingerprint density at radius 2 is 2.14 bits per heavy atom. The molecule has 3 aromatic rings.